The fraction of sp³-hybridized carbons (Fsp3) is 0.463. The van der Waals surface area contributed by atoms with Crippen LogP contribution in [0.5, 0.6) is 0 Å². The number of pyridine rings is 1. The predicted octanol–water partition coefficient (Wildman–Crippen LogP) is 19.1. The summed E-state index contributed by atoms with van der Waals surface area (Å²) >= 11 is 8.27. The number of unbranched alkanes of at least 4 members (excludes halogenated alkanes) is 11. The lowest BCUT2D eigenvalue weighted by atomic mass is 9.92. The Kier molecular flexibility index (Phi) is 17.1. The molecule has 2 aromatic carbocycles. The van der Waals surface area contributed by atoms with Crippen molar-refractivity contribution in [2.24, 2.45) is 5.92 Å². The smallest absolute Gasteiger partial charge is 0.132 e. The Hall–Kier alpha value is -3.54. The van der Waals surface area contributed by atoms with E-state index in [9.17, 15) is 0 Å². The number of nitrogens with zero attached hydrogens (tertiary/aromatic N) is 4. The van der Waals surface area contributed by atoms with Gasteiger partial charge in [-0.15, -0.1) is 45.3 Å². The molecule has 0 spiro atoms. The van der Waals surface area contributed by atoms with Crippen molar-refractivity contribution in [1.29, 1.82) is 0 Å². The molecule has 6 heterocycles. The Morgan fingerprint density at radius 2 is 1.11 bits per heavy atom. The van der Waals surface area contributed by atoms with Crippen molar-refractivity contribution in [1.82, 2.24) is 13.7 Å². The molecule has 0 radical (unpaired) electrons. The van der Waals surface area contributed by atoms with Gasteiger partial charge >= 0.3 is 0 Å². The maximum Gasteiger partial charge on any atom is 0.132 e. The fourth-order valence-corrected chi connectivity index (χ4v) is 14.4. The van der Waals surface area contributed by atoms with Crippen LogP contribution in [0, 0.1) is 11.7 Å². The van der Waals surface area contributed by atoms with Crippen LogP contribution in [-0.2, 0) is 6.42 Å². The second-order valence-corrected chi connectivity index (χ2v) is 22.6. The molecule has 8 rings (SSSR count). The van der Waals surface area contributed by atoms with E-state index < -0.39 is 0 Å². The topological polar surface area (TPSA) is 41.9 Å². The second-order valence-electron chi connectivity index (χ2n) is 17.7. The molecule has 338 valence electrons. The minimum absolute atomic E-state index is 0.124. The molecule has 1 unspecified atom stereocenters. The third-order valence-corrected chi connectivity index (χ3v) is 18.2. The van der Waals surface area contributed by atoms with E-state index in [1.165, 1.54) is 140 Å². The van der Waals surface area contributed by atoms with Crippen molar-refractivity contribution in [3.05, 3.63) is 84.3 Å². The first kappa shape index (κ1) is 47.0. The zero-order valence-electron chi connectivity index (χ0n) is 38.4. The Morgan fingerprint density at radius 1 is 0.547 bits per heavy atom. The standard InChI is InChI=1S/C54H65FN4S5/c1-5-9-12-14-16-18-29-59(30-19-17-15-13-10-6-2)40-26-24-39(25-27-40)44-32-47-50(60-44)35-51(63-47)53-54-52(57-64-58-54)42(36-56-53)46-34-49-48(62-46)33-45(61-49)41-28-23-38(31-43(41)55)22-21-37(8-4)20-11-7-3/h23-28,31-37H,5-22,29-30H2,1-4H3. The van der Waals surface area contributed by atoms with Gasteiger partial charge in [0.1, 0.15) is 22.5 Å². The zero-order valence-corrected chi connectivity index (χ0v) is 42.4. The molecule has 0 fully saturated rings. The molecule has 64 heavy (non-hydrogen) atoms. The van der Waals surface area contributed by atoms with E-state index in [0.717, 1.165) is 83.7 Å². The van der Waals surface area contributed by atoms with Gasteiger partial charge in [-0.25, -0.2) is 4.39 Å². The van der Waals surface area contributed by atoms with Gasteiger partial charge in [-0.3, -0.25) is 4.98 Å². The third-order valence-electron chi connectivity index (χ3n) is 13.0. The van der Waals surface area contributed by atoms with Crippen molar-refractivity contribution in [3.63, 3.8) is 0 Å². The molecule has 0 bridgehead atoms. The van der Waals surface area contributed by atoms with Gasteiger partial charge in [0.2, 0.25) is 0 Å². The van der Waals surface area contributed by atoms with Gasteiger partial charge in [0.15, 0.2) is 0 Å². The van der Waals surface area contributed by atoms with Crippen LogP contribution in [0.1, 0.15) is 142 Å². The SMILES string of the molecule is CCCCCCCCN(CCCCCCCC)c1ccc(-c2cc3sc(-c4ncc(-c5cc6sc(-c7ccc(CCC(CC)CCCC)cc7F)cc6s5)c5nsnc45)cc3s2)cc1. The third kappa shape index (κ3) is 11.5. The molecule has 10 heteroatoms. The molecule has 0 saturated heterocycles. The number of rotatable bonds is 26. The molecule has 0 N–H and O–H groups in total. The first-order valence-corrected chi connectivity index (χ1v) is 28.3. The minimum Gasteiger partial charge on any atom is -0.372 e. The first-order chi connectivity index (χ1) is 31.5. The summed E-state index contributed by atoms with van der Waals surface area (Å²) in [5.41, 5.74) is 8.08. The fourth-order valence-electron chi connectivity index (χ4n) is 9.03. The van der Waals surface area contributed by atoms with Crippen molar-refractivity contribution in [3.8, 4) is 41.9 Å². The lowest BCUT2D eigenvalue weighted by molar-refractivity contribution is 0.421. The molecule has 0 aliphatic rings. The van der Waals surface area contributed by atoms with Gasteiger partial charge < -0.3 is 4.90 Å². The average molecular weight is 949 g/mol. The number of benzene rings is 2. The second kappa shape index (κ2) is 23.3. The summed E-state index contributed by atoms with van der Waals surface area (Å²) in [6.07, 6.45) is 25.0. The van der Waals surface area contributed by atoms with E-state index >= 15 is 4.39 Å². The van der Waals surface area contributed by atoms with Crippen LogP contribution in [0.25, 0.3) is 71.7 Å². The summed E-state index contributed by atoms with van der Waals surface area (Å²) in [4.78, 5) is 12.2. The van der Waals surface area contributed by atoms with Gasteiger partial charge in [0.25, 0.3) is 0 Å². The van der Waals surface area contributed by atoms with Gasteiger partial charge in [-0.05, 0) is 85.2 Å². The van der Waals surface area contributed by atoms with Crippen LogP contribution in [0.15, 0.2) is 72.9 Å². The van der Waals surface area contributed by atoms with E-state index in [-0.39, 0.29) is 5.82 Å². The van der Waals surface area contributed by atoms with Gasteiger partial charge in [-0.1, -0.05) is 142 Å². The molecule has 0 saturated carbocycles. The van der Waals surface area contributed by atoms with Crippen LogP contribution < -0.4 is 4.90 Å². The van der Waals surface area contributed by atoms with E-state index in [4.69, 9.17) is 13.7 Å². The number of aryl methyl sites for hydroxylation is 1. The van der Waals surface area contributed by atoms with E-state index in [0.29, 0.717) is 5.56 Å². The molecule has 1 atom stereocenters. The number of halogens is 1. The summed E-state index contributed by atoms with van der Waals surface area (Å²) in [5.74, 6) is 0.599. The number of anilines is 1. The number of hydrogen-bond donors (Lipinski definition) is 0. The quantitative estimate of drug-likeness (QED) is 0.0507. The normalized spacial score (nSPS) is 12.4. The minimum atomic E-state index is -0.124. The lowest BCUT2D eigenvalue weighted by Crippen LogP contribution is -2.25. The van der Waals surface area contributed by atoms with Crippen molar-refractivity contribution in [2.75, 3.05) is 18.0 Å². The summed E-state index contributed by atoms with van der Waals surface area (Å²) < 4.78 is 30.0. The Bertz CT molecular complexity index is 2600. The molecule has 4 nitrogen and oxygen atoms in total. The largest absolute Gasteiger partial charge is 0.372 e. The molecule has 0 aliphatic carbocycles. The highest BCUT2D eigenvalue weighted by Crippen LogP contribution is 2.46. The van der Waals surface area contributed by atoms with Crippen molar-refractivity contribution in [2.45, 2.75) is 143 Å². The van der Waals surface area contributed by atoms with E-state index in [1.54, 1.807) is 40.1 Å². The van der Waals surface area contributed by atoms with Crippen molar-refractivity contribution < 1.29 is 4.39 Å². The van der Waals surface area contributed by atoms with Gasteiger partial charge in [0, 0.05) is 69.5 Å². The highest BCUT2D eigenvalue weighted by Gasteiger charge is 2.21. The molecular weight excluding hydrogens is 884 g/mol. The summed E-state index contributed by atoms with van der Waals surface area (Å²) in [6.45, 7) is 11.4. The number of fused-ring (bicyclic) bond motifs is 3. The average Bonchev–Trinajstić information content (AvgIpc) is 4.16. The van der Waals surface area contributed by atoms with Crippen LogP contribution in [0.2, 0.25) is 0 Å². The summed E-state index contributed by atoms with van der Waals surface area (Å²) in [6, 6.07) is 24.2. The van der Waals surface area contributed by atoms with Gasteiger partial charge in [-0.2, -0.15) is 8.75 Å². The Labute approximate surface area is 401 Å². The monoisotopic (exact) mass is 948 g/mol. The Balaban J connectivity index is 0.936. The van der Waals surface area contributed by atoms with Crippen LogP contribution in [0.4, 0.5) is 10.1 Å². The maximum atomic E-state index is 15.5. The molecule has 0 amide bonds. The highest BCUT2D eigenvalue weighted by molar-refractivity contribution is 7.31. The van der Waals surface area contributed by atoms with Crippen LogP contribution in [-0.4, -0.2) is 26.8 Å². The maximum absolute atomic E-state index is 15.5. The van der Waals surface area contributed by atoms with E-state index in [2.05, 4.69) is 87.2 Å². The van der Waals surface area contributed by atoms with E-state index in [1.807, 2.05) is 23.6 Å². The Morgan fingerprint density at radius 3 is 1.75 bits per heavy atom. The van der Waals surface area contributed by atoms with Gasteiger partial charge in [0.05, 0.1) is 16.6 Å². The van der Waals surface area contributed by atoms with Crippen molar-refractivity contribution >= 4 is 92.6 Å². The zero-order chi connectivity index (χ0) is 44.3. The lowest BCUT2D eigenvalue weighted by Gasteiger charge is -2.25. The summed E-state index contributed by atoms with van der Waals surface area (Å²) in [5, 5.41) is 0. The van der Waals surface area contributed by atoms with Crippen LogP contribution in [0.3, 0.4) is 0 Å². The number of aromatic nitrogens is 3. The molecule has 0 aliphatic heterocycles. The van der Waals surface area contributed by atoms with Crippen LogP contribution >= 0.6 is 57.1 Å². The predicted molar refractivity (Wildman–Crippen MR) is 284 cm³/mol. The molecule has 6 aromatic heterocycles. The molecular formula is C54H65FN4S5. The number of thiophene rings is 4. The molecule has 8 aromatic rings. The summed E-state index contributed by atoms with van der Waals surface area (Å²) in [7, 11) is 0. The highest BCUT2D eigenvalue weighted by atomic mass is 32.1. The number of hydrogen-bond acceptors (Lipinski definition) is 9. The first-order valence-electron chi connectivity index (χ1n) is 24.3.